The number of methoxy groups -OCH3 is 1. The van der Waals surface area contributed by atoms with Crippen LogP contribution in [0.5, 0.6) is 0 Å². The number of ether oxygens (including phenoxy) is 1. The molecule has 1 heterocycles. The number of carbonyl (C=O) groups excluding carboxylic acids is 1. The first-order valence-electron chi connectivity index (χ1n) is 7.40. The van der Waals surface area contributed by atoms with Crippen LogP contribution in [0.25, 0.3) is 0 Å². The Kier molecular flexibility index (Phi) is 6.02. The molecule has 4 nitrogen and oxygen atoms in total. The molecule has 0 spiro atoms. The first kappa shape index (κ1) is 15.0. The lowest BCUT2D eigenvalue weighted by Gasteiger charge is -2.27. The van der Waals surface area contributed by atoms with Crippen molar-refractivity contribution in [3.05, 3.63) is 35.4 Å². The van der Waals surface area contributed by atoms with Gasteiger partial charge in [-0.3, -0.25) is 0 Å². The van der Waals surface area contributed by atoms with Gasteiger partial charge >= 0.3 is 5.97 Å². The largest absolute Gasteiger partial charge is 0.465 e. The molecule has 0 aromatic heterocycles. The molecule has 1 fully saturated rings. The minimum Gasteiger partial charge on any atom is -0.465 e. The fourth-order valence-corrected chi connectivity index (χ4v) is 2.52. The molecule has 0 bridgehead atoms. The Bertz CT molecular complexity index is 411. The highest BCUT2D eigenvalue weighted by molar-refractivity contribution is 5.89. The molecule has 1 aliphatic rings. The third-order valence-electron chi connectivity index (χ3n) is 3.77. The number of unbranched alkanes of at least 4 members (excludes halogenated alkanes) is 1. The summed E-state index contributed by atoms with van der Waals surface area (Å²) in [4.78, 5) is 13.9. The molecule has 0 amide bonds. The predicted octanol–water partition coefficient (Wildman–Crippen LogP) is 1.70. The Balaban J connectivity index is 1.67. The molecular formula is C16H24N2O2. The van der Waals surface area contributed by atoms with Gasteiger partial charge in [-0.25, -0.2) is 4.79 Å². The van der Waals surface area contributed by atoms with Crippen molar-refractivity contribution in [2.75, 3.05) is 39.8 Å². The maximum atomic E-state index is 11.3. The van der Waals surface area contributed by atoms with Crippen molar-refractivity contribution >= 4 is 5.97 Å². The number of carbonyl (C=O) groups is 1. The molecule has 0 atom stereocenters. The Hall–Kier alpha value is -1.39. The summed E-state index contributed by atoms with van der Waals surface area (Å²) in [6, 6.07) is 7.74. The van der Waals surface area contributed by atoms with E-state index in [9.17, 15) is 4.79 Å². The second-order valence-electron chi connectivity index (χ2n) is 5.24. The van der Waals surface area contributed by atoms with Crippen LogP contribution in [0.3, 0.4) is 0 Å². The van der Waals surface area contributed by atoms with Crippen LogP contribution in [0.4, 0.5) is 0 Å². The number of esters is 1. The monoisotopic (exact) mass is 276 g/mol. The fourth-order valence-electron chi connectivity index (χ4n) is 2.52. The van der Waals surface area contributed by atoms with Gasteiger partial charge in [-0.15, -0.1) is 0 Å². The zero-order valence-corrected chi connectivity index (χ0v) is 12.2. The fraction of sp³-hybridized carbons (Fsp3) is 0.562. The second kappa shape index (κ2) is 8.02. The second-order valence-corrected chi connectivity index (χ2v) is 5.24. The van der Waals surface area contributed by atoms with Gasteiger partial charge in [0.15, 0.2) is 0 Å². The molecule has 20 heavy (non-hydrogen) atoms. The lowest BCUT2D eigenvalue weighted by molar-refractivity contribution is 0.0600. The number of piperazine rings is 1. The lowest BCUT2D eigenvalue weighted by atomic mass is 10.1. The number of aryl methyl sites for hydroxylation is 1. The average Bonchev–Trinajstić information content (AvgIpc) is 2.52. The Morgan fingerprint density at radius 2 is 1.90 bits per heavy atom. The summed E-state index contributed by atoms with van der Waals surface area (Å²) in [5.41, 5.74) is 1.91. The van der Waals surface area contributed by atoms with Crippen molar-refractivity contribution in [3.63, 3.8) is 0 Å². The Labute approximate surface area is 121 Å². The van der Waals surface area contributed by atoms with E-state index in [-0.39, 0.29) is 5.97 Å². The SMILES string of the molecule is COC(=O)c1ccc(CCCCN2CCNCC2)cc1. The average molecular weight is 276 g/mol. The van der Waals surface area contributed by atoms with Gasteiger partial charge < -0.3 is 15.0 Å². The van der Waals surface area contributed by atoms with Crippen molar-refractivity contribution in [1.82, 2.24) is 10.2 Å². The minimum atomic E-state index is -0.268. The summed E-state index contributed by atoms with van der Waals surface area (Å²) in [7, 11) is 1.41. The van der Waals surface area contributed by atoms with Crippen LogP contribution in [0, 0.1) is 0 Å². The molecule has 0 unspecified atom stereocenters. The van der Waals surface area contributed by atoms with Crippen molar-refractivity contribution in [3.8, 4) is 0 Å². The van der Waals surface area contributed by atoms with Gasteiger partial charge in [-0.05, 0) is 43.5 Å². The van der Waals surface area contributed by atoms with Crippen LogP contribution in [-0.2, 0) is 11.2 Å². The topological polar surface area (TPSA) is 41.6 Å². The summed E-state index contributed by atoms with van der Waals surface area (Å²) in [6.45, 7) is 5.79. The zero-order chi connectivity index (χ0) is 14.2. The van der Waals surface area contributed by atoms with Crippen molar-refractivity contribution in [1.29, 1.82) is 0 Å². The van der Waals surface area contributed by atoms with E-state index in [0.717, 1.165) is 19.5 Å². The maximum absolute atomic E-state index is 11.3. The highest BCUT2D eigenvalue weighted by atomic mass is 16.5. The van der Waals surface area contributed by atoms with Gasteiger partial charge in [0, 0.05) is 26.2 Å². The molecule has 110 valence electrons. The van der Waals surface area contributed by atoms with Crippen molar-refractivity contribution in [2.45, 2.75) is 19.3 Å². The van der Waals surface area contributed by atoms with E-state index in [1.165, 1.54) is 45.1 Å². The van der Waals surface area contributed by atoms with E-state index in [2.05, 4.69) is 10.2 Å². The molecule has 1 N–H and O–H groups in total. The van der Waals surface area contributed by atoms with Crippen molar-refractivity contribution in [2.24, 2.45) is 0 Å². The van der Waals surface area contributed by atoms with E-state index >= 15 is 0 Å². The van der Waals surface area contributed by atoms with Crippen LogP contribution in [0.2, 0.25) is 0 Å². The lowest BCUT2D eigenvalue weighted by Crippen LogP contribution is -2.43. The first-order valence-corrected chi connectivity index (χ1v) is 7.40. The minimum absolute atomic E-state index is 0.268. The predicted molar refractivity (Wildman–Crippen MR) is 80.0 cm³/mol. The maximum Gasteiger partial charge on any atom is 0.337 e. The highest BCUT2D eigenvalue weighted by Crippen LogP contribution is 2.09. The number of hydrogen-bond donors (Lipinski definition) is 1. The van der Waals surface area contributed by atoms with Gasteiger partial charge in [-0.2, -0.15) is 0 Å². The van der Waals surface area contributed by atoms with Gasteiger partial charge in [0.05, 0.1) is 12.7 Å². The van der Waals surface area contributed by atoms with Gasteiger partial charge in [0.2, 0.25) is 0 Å². The van der Waals surface area contributed by atoms with Gasteiger partial charge in [0.25, 0.3) is 0 Å². The summed E-state index contributed by atoms with van der Waals surface area (Å²) in [6.07, 6.45) is 3.51. The first-order chi connectivity index (χ1) is 9.79. The smallest absolute Gasteiger partial charge is 0.337 e. The molecule has 0 radical (unpaired) electrons. The van der Waals surface area contributed by atoms with Crippen LogP contribution >= 0.6 is 0 Å². The quantitative estimate of drug-likeness (QED) is 0.634. The number of nitrogens with one attached hydrogen (secondary N) is 1. The number of rotatable bonds is 6. The van der Waals surface area contributed by atoms with Gasteiger partial charge in [0.1, 0.15) is 0 Å². The summed E-state index contributed by atoms with van der Waals surface area (Å²) >= 11 is 0. The molecular weight excluding hydrogens is 252 g/mol. The van der Waals surface area contributed by atoms with E-state index < -0.39 is 0 Å². The summed E-state index contributed by atoms with van der Waals surface area (Å²) in [5.74, 6) is -0.268. The van der Waals surface area contributed by atoms with E-state index in [4.69, 9.17) is 4.74 Å². The number of hydrogen-bond acceptors (Lipinski definition) is 4. The molecule has 2 rings (SSSR count). The van der Waals surface area contributed by atoms with Crippen LogP contribution < -0.4 is 5.32 Å². The summed E-state index contributed by atoms with van der Waals surface area (Å²) in [5, 5.41) is 3.37. The highest BCUT2D eigenvalue weighted by Gasteiger charge is 2.08. The third-order valence-corrected chi connectivity index (χ3v) is 3.77. The molecule has 1 saturated heterocycles. The zero-order valence-electron chi connectivity index (χ0n) is 12.2. The van der Waals surface area contributed by atoms with Crippen LogP contribution in [0.1, 0.15) is 28.8 Å². The van der Waals surface area contributed by atoms with E-state index in [1.54, 1.807) is 0 Å². The number of benzene rings is 1. The molecule has 0 aliphatic carbocycles. The summed E-state index contributed by atoms with van der Waals surface area (Å²) < 4.78 is 4.69. The van der Waals surface area contributed by atoms with Crippen LogP contribution in [-0.4, -0.2) is 50.7 Å². The Morgan fingerprint density at radius 3 is 2.55 bits per heavy atom. The molecule has 4 heteroatoms. The Morgan fingerprint density at radius 1 is 1.20 bits per heavy atom. The van der Waals surface area contributed by atoms with Crippen LogP contribution in [0.15, 0.2) is 24.3 Å². The molecule has 0 saturated carbocycles. The third kappa shape index (κ3) is 4.62. The van der Waals surface area contributed by atoms with E-state index in [1.807, 2.05) is 24.3 Å². The normalized spacial score (nSPS) is 16.1. The van der Waals surface area contributed by atoms with Gasteiger partial charge in [-0.1, -0.05) is 12.1 Å². The molecule has 1 aromatic rings. The molecule has 1 aliphatic heterocycles. The number of nitrogens with zero attached hydrogens (tertiary/aromatic N) is 1. The standard InChI is InChI=1S/C16H24N2O2/c1-20-16(19)15-7-5-14(6-8-15)4-2-3-11-18-12-9-17-10-13-18/h5-8,17H,2-4,9-13H2,1H3. The van der Waals surface area contributed by atoms with Crippen molar-refractivity contribution < 1.29 is 9.53 Å². The van der Waals surface area contributed by atoms with E-state index in [0.29, 0.717) is 5.56 Å². The molecule has 1 aromatic carbocycles.